The summed E-state index contributed by atoms with van der Waals surface area (Å²) in [4.78, 5) is 11.8. The van der Waals surface area contributed by atoms with E-state index in [-0.39, 0.29) is 12.3 Å². The Bertz CT molecular complexity index is 677. The van der Waals surface area contributed by atoms with Gasteiger partial charge in [0.05, 0.1) is 5.69 Å². The molecule has 2 aromatic rings. The summed E-state index contributed by atoms with van der Waals surface area (Å²) in [6.07, 6.45) is 0. The third kappa shape index (κ3) is 4.19. The van der Waals surface area contributed by atoms with E-state index in [1.165, 1.54) is 12.1 Å². The molecule has 0 unspecified atom stereocenters. The minimum atomic E-state index is -0.513. The van der Waals surface area contributed by atoms with E-state index in [9.17, 15) is 9.18 Å². The lowest BCUT2D eigenvalue weighted by molar-refractivity contribution is -0.118. The number of halogens is 2. The van der Waals surface area contributed by atoms with E-state index in [1.54, 1.807) is 24.3 Å². The predicted octanol–water partition coefficient (Wildman–Crippen LogP) is 3.50. The highest BCUT2D eigenvalue weighted by Crippen LogP contribution is 2.21. The molecule has 0 saturated heterocycles. The number of amides is 1. The first-order valence-corrected chi connectivity index (χ1v) is 6.99. The Balaban J connectivity index is 1.96. The van der Waals surface area contributed by atoms with Crippen molar-refractivity contribution in [3.63, 3.8) is 0 Å². The first-order valence-electron chi connectivity index (χ1n) is 6.19. The lowest BCUT2D eigenvalue weighted by Crippen LogP contribution is -2.21. The standard InChI is InChI=1S/C15H14BrFN2O2/c1-9-6-11(18)3-5-14(9)21-8-15(20)19-13-4-2-10(16)7-12(13)17/h2-7H,8,18H2,1H3,(H,19,20). The Hall–Kier alpha value is -2.08. The molecule has 0 aromatic heterocycles. The summed E-state index contributed by atoms with van der Waals surface area (Å²) >= 11 is 3.15. The average molecular weight is 353 g/mol. The van der Waals surface area contributed by atoms with Crippen molar-refractivity contribution in [2.45, 2.75) is 6.92 Å². The highest BCUT2D eigenvalue weighted by atomic mass is 79.9. The van der Waals surface area contributed by atoms with Gasteiger partial charge in [-0.3, -0.25) is 4.79 Å². The Morgan fingerprint density at radius 1 is 1.33 bits per heavy atom. The number of carbonyl (C=O) groups excluding carboxylic acids is 1. The van der Waals surface area contributed by atoms with Crippen molar-refractivity contribution in [3.05, 3.63) is 52.3 Å². The number of hydrogen-bond donors (Lipinski definition) is 2. The highest BCUT2D eigenvalue weighted by Gasteiger charge is 2.09. The Kier molecular flexibility index (Phi) is 4.80. The molecule has 6 heteroatoms. The summed E-state index contributed by atoms with van der Waals surface area (Å²) < 4.78 is 19.6. The summed E-state index contributed by atoms with van der Waals surface area (Å²) in [6.45, 7) is 1.62. The van der Waals surface area contributed by atoms with Gasteiger partial charge in [-0.25, -0.2) is 4.39 Å². The maximum absolute atomic E-state index is 13.6. The van der Waals surface area contributed by atoms with Gasteiger partial charge in [0.25, 0.3) is 5.91 Å². The Morgan fingerprint density at radius 3 is 2.76 bits per heavy atom. The quantitative estimate of drug-likeness (QED) is 0.827. The monoisotopic (exact) mass is 352 g/mol. The smallest absolute Gasteiger partial charge is 0.262 e. The van der Waals surface area contributed by atoms with Crippen LogP contribution in [0, 0.1) is 12.7 Å². The number of carbonyl (C=O) groups is 1. The molecule has 0 aliphatic heterocycles. The molecule has 2 rings (SSSR count). The summed E-state index contributed by atoms with van der Waals surface area (Å²) in [5, 5.41) is 2.45. The van der Waals surface area contributed by atoms with Gasteiger partial charge in [0.15, 0.2) is 6.61 Å². The van der Waals surface area contributed by atoms with Gasteiger partial charge in [0, 0.05) is 10.2 Å². The van der Waals surface area contributed by atoms with Crippen LogP contribution in [-0.2, 0) is 4.79 Å². The lowest BCUT2D eigenvalue weighted by Gasteiger charge is -2.10. The molecular weight excluding hydrogens is 339 g/mol. The SMILES string of the molecule is Cc1cc(N)ccc1OCC(=O)Nc1ccc(Br)cc1F. The number of benzene rings is 2. The molecule has 0 bridgehead atoms. The van der Waals surface area contributed by atoms with Gasteiger partial charge in [0.2, 0.25) is 0 Å². The van der Waals surface area contributed by atoms with Crippen LogP contribution in [0.25, 0.3) is 0 Å². The van der Waals surface area contributed by atoms with Crippen molar-refractivity contribution in [2.75, 3.05) is 17.7 Å². The number of nitrogens with one attached hydrogen (secondary N) is 1. The van der Waals surface area contributed by atoms with Gasteiger partial charge in [-0.15, -0.1) is 0 Å². The molecule has 0 radical (unpaired) electrons. The number of nitrogens with two attached hydrogens (primary N) is 1. The molecular formula is C15H14BrFN2O2. The number of anilines is 2. The van der Waals surface area contributed by atoms with Crippen molar-refractivity contribution in [1.82, 2.24) is 0 Å². The first kappa shape index (κ1) is 15.3. The van der Waals surface area contributed by atoms with Crippen molar-refractivity contribution < 1.29 is 13.9 Å². The summed E-state index contributed by atoms with van der Waals surface area (Å²) in [5.74, 6) is -0.385. The zero-order valence-corrected chi connectivity index (χ0v) is 12.9. The van der Waals surface area contributed by atoms with Gasteiger partial charge >= 0.3 is 0 Å². The van der Waals surface area contributed by atoms with Crippen molar-refractivity contribution in [1.29, 1.82) is 0 Å². The van der Waals surface area contributed by atoms with Gasteiger partial charge in [-0.2, -0.15) is 0 Å². The van der Waals surface area contributed by atoms with Crippen LogP contribution in [0.2, 0.25) is 0 Å². The number of ether oxygens (including phenoxy) is 1. The molecule has 1 amide bonds. The second kappa shape index (κ2) is 6.58. The van der Waals surface area contributed by atoms with E-state index >= 15 is 0 Å². The van der Waals surface area contributed by atoms with Crippen LogP contribution in [0.4, 0.5) is 15.8 Å². The van der Waals surface area contributed by atoms with E-state index in [0.717, 1.165) is 5.56 Å². The molecule has 0 aliphatic rings. The molecule has 0 fully saturated rings. The van der Waals surface area contributed by atoms with E-state index in [0.29, 0.717) is 15.9 Å². The number of aryl methyl sites for hydroxylation is 1. The number of nitrogen functional groups attached to an aromatic ring is 1. The summed E-state index contributed by atoms with van der Waals surface area (Å²) in [7, 11) is 0. The zero-order valence-electron chi connectivity index (χ0n) is 11.3. The third-order valence-electron chi connectivity index (χ3n) is 2.76. The minimum absolute atomic E-state index is 0.112. The van der Waals surface area contributed by atoms with Crippen LogP contribution >= 0.6 is 15.9 Å². The largest absolute Gasteiger partial charge is 0.483 e. The van der Waals surface area contributed by atoms with Crippen LogP contribution in [0.15, 0.2) is 40.9 Å². The summed E-state index contributed by atoms with van der Waals surface area (Å²) in [6, 6.07) is 9.53. The van der Waals surface area contributed by atoms with Crippen LogP contribution in [0.5, 0.6) is 5.75 Å². The molecule has 2 aromatic carbocycles. The van der Waals surface area contributed by atoms with Gasteiger partial charge < -0.3 is 15.8 Å². The van der Waals surface area contributed by atoms with E-state index in [4.69, 9.17) is 10.5 Å². The van der Waals surface area contributed by atoms with E-state index in [1.807, 2.05) is 6.92 Å². The molecule has 3 N–H and O–H groups in total. The predicted molar refractivity (Wildman–Crippen MR) is 83.8 cm³/mol. The molecule has 0 spiro atoms. The number of hydrogen-bond acceptors (Lipinski definition) is 3. The van der Waals surface area contributed by atoms with Crippen LogP contribution in [0.1, 0.15) is 5.56 Å². The Morgan fingerprint density at radius 2 is 2.10 bits per heavy atom. The molecule has 0 saturated carbocycles. The average Bonchev–Trinajstić information content (AvgIpc) is 2.41. The molecule has 0 heterocycles. The van der Waals surface area contributed by atoms with Crippen molar-refractivity contribution >= 4 is 33.2 Å². The fraction of sp³-hybridized carbons (Fsp3) is 0.133. The Labute approximate surface area is 130 Å². The number of rotatable bonds is 4. The van der Waals surface area contributed by atoms with Crippen LogP contribution in [0.3, 0.4) is 0 Å². The van der Waals surface area contributed by atoms with E-state index < -0.39 is 11.7 Å². The van der Waals surface area contributed by atoms with Crippen molar-refractivity contribution in [2.24, 2.45) is 0 Å². The molecule has 0 atom stereocenters. The van der Waals surface area contributed by atoms with Crippen LogP contribution < -0.4 is 15.8 Å². The fourth-order valence-corrected chi connectivity index (χ4v) is 2.09. The first-order chi connectivity index (χ1) is 9.95. The zero-order chi connectivity index (χ0) is 15.4. The molecule has 110 valence electrons. The van der Waals surface area contributed by atoms with Gasteiger partial charge in [-0.05, 0) is 48.9 Å². The van der Waals surface area contributed by atoms with Crippen molar-refractivity contribution in [3.8, 4) is 5.75 Å². The maximum Gasteiger partial charge on any atom is 0.262 e. The normalized spacial score (nSPS) is 10.2. The summed E-state index contributed by atoms with van der Waals surface area (Å²) in [5.41, 5.74) is 7.20. The fourth-order valence-electron chi connectivity index (χ4n) is 1.75. The van der Waals surface area contributed by atoms with Gasteiger partial charge in [-0.1, -0.05) is 15.9 Å². The van der Waals surface area contributed by atoms with Crippen LogP contribution in [-0.4, -0.2) is 12.5 Å². The third-order valence-corrected chi connectivity index (χ3v) is 3.26. The topological polar surface area (TPSA) is 64.3 Å². The molecule has 0 aliphatic carbocycles. The highest BCUT2D eigenvalue weighted by molar-refractivity contribution is 9.10. The maximum atomic E-state index is 13.6. The minimum Gasteiger partial charge on any atom is -0.483 e. The lowest BCUT2D eigenvalue weighted by atomic mass is 10.2. The van der Waals surface area contributed by atoms with E-state index in [2.05, 4.69) is 21.2 Å². The second-order valence-electron chi connectivity index (χ2n) is 4.49. The molecule has 21 heavy (non-hydrogen) atoms. The molecule has 4 nitrogen and oxygen atoms in total. The second-order valence-corrected chi connectivity index (χ2v) is 5.40. The van der Waals surface area contributed by atoms with Gasteiger partial charge in [0.1, 0.15) is 11.6 Å².